The van der Waals surface area contributed by atoms with Crippen LogP contribution >= 0.6 is 11.6 Å². The molecular weight excluding hydrogens is 196 g/mol. The molecule has 0 fully saturated rings. The molecule has 0 aliphatic heterocycles. The van der Waals surface area contributed by atoms with Crippen LogP contribution in [0.4, 0.5) is 8.78 Å². The van der Waals surface area contributed by atoms with Gasteiger partial charge in [0.2, 0.25) is 0 Å². The molecular formula is C9H10ClF2N. The zero-order valence-corrected chi connectivity index (χ0v) is 8.12. The van der Waals surface area contributed by atoms with Crippen molar-refractivity contribution in [2.75, 3.05) is 0 Å². The van der Waals surface area contributed by atoms with Gasteiger partial charge in [0.15, 0.2) is 0 Å². The van der Waals surface area contributed by atoms with Crippen LogP contribution in [-0.4, -0.2) is 0 Å². The first-order valence-corrected chi connectivity index (χ1v) is 4.14. The molecule has 0 atom stereocenters. The van der Waals surface area contributed by atoms with Crippen molar-refractivity contribution in [3.63, 3.8) is 0 Å². The van der Waals surface area contributed by atoms with Crippen molar-refractivity contribution in [1.82, 2.24) is 0 Å². The molecule has 0 aliphatic carbocycles. The first kappa shape index (κ1) is 10.4. The molecule has 0 bridgehead atoms. The fraction of sp³-hybridized carbons (Fsp3) is 0.333. The van der Waals surface area contributed by atoms with E-state index in [4.69, 9.17) is 17.3 Å². The van der Waals surface area contributed by atoms with Gasteiger partial charge in [0, 0.05) is 17.2 Å². The summed E-state index contributed by atoms with van der Waals surface area (Å²) in [6, 6.07) is 1.96. The molecule has 0 heterocycles. The Morgan fingerprint density at radius 1 is 1.23 bits per heavy atom. The first-order valence-electron chi connectivity index (χ1n) is 3.76. The Kier molecular flexibility index (Phi) is 2.59. The van der Waals surface area contributed by atoms with Gasteiger partial charge in [0.25, 0.3) is 0 Å². The lowest BCUT2D eigenvalue weighted by Crippen LogP contribution is -2.30. The number of nitrogens with two attached hydrogens (primary N) is 1. The van der Waals surface area contributed by atoms with E-state index in [-0.39, 0.29) is 10.6 Å². The first-order chi connectivity index (χ1) is 5.82. The molecule has 1 aromatic rings. The molecule has 0 amide bonds. The van der Waals surface area contributed by atoms with Gasteiger partial charge in [-0.05, 0) is 19.9 Å². The molecule has 0 saturated carbocycles. The molecule has 1 rings (SSSR count). The van der Waals surface area contributed by atoms with Crippen molar-refractivity contribution in [1.29, 1.82) is 0 Å². The summed E-state index contributed by atoms with van der Waals surface area (Å²) in [5.74, 6) is -1.44. The van der Waals surface area contributed by atoms with Crippen LogP contribution in [0.15, 0.2) is 12.1 Å². The van der Waals surface area contributed by atoms with Gasteiger partial charge in [-0.1, -0.05) is 11.6 Å². The average Bonchev–Trinajstić information content (AvgIpc) is 1.94. The average molecular weight is 206 g/mol. The monoisotopic (exact) mass is 205 g/mol. The molecule has 0 unspecified atom stereocenters. The summed E-state index contributed by atoms with van der Waals surface area (Å²) in [7, 11) is 0. The minimum absolute atomic E-state index is 0.116. The van der Waals surface area contributed by atoms with Crippen LogP contribution in [0.5, 0.6) is 0 Å². The van der Waals surface area contributed by atoms with Crippen molar-refractivity contribution in [3.05, 3.63) is 34.4 Å². The number of benzene rings is 1. The molecule has 2 N–H and O–H groups in total. The molecule has 4 heteroatoms. The van der Waals surface area contributed by atoms with Gasteiger partial charge in [-0.3, -0.25) is 0 Å². The van der Waals surface area contributed by atoms with Crippen molar-refractivity contribution >= 4 is 11.6 Å². The highest BCUT2D eigenvalue weighted by Crippen LogP contribution is 2.25. The lowest BCUT2D eigenvalue weighted by atomic mass is 9.95. The topological polar surface area (TPSA) is 26.0 Å². The lowest BCUT2D eigenvalue weighted by molar-refractivity contribution is 0.493. The Hall–Kier alpha value is -0.670. The maximum Gasteiger partial charge on any atom is 0.144 e. The van der Waals surface area contributed by atoms with Crippen LogP contribution in [0.2, 0.25) is 5.02 Å². The Balaban J connectivity index is 3.32. The van der Waals surface area contributed by atoms with Gasteiger partial charge in [-0.15, -0.1) is 0 Å². The predicted octanol–water partition coefficient (Wildman–Crippen LogP) is 2.81. The number of rotatable bonds is 1. The number of hydrogen-bond acceptors (Lipinski definition) is 1. The van der Waals surface area contributed by atoms with Crippen LogP contribution in [0.1, 0.15) is 19.4 Å². The normalized spacial score (nSPS) is 11.8. The molecule has 13 heavy (non-hydrogen) atoms. The minimum atomic E-state index is -0.860. The van der Waals surface area contributed by atoms with E-state index in [2.05, 4.69) is 0 Å². The van der Waals surface area contributed by atoms with Crippen molar-refractivity contribution < 1.29 is 8.78 Å². The highest BCUT2D eigenvalue weighted by atomic mass is 35.5. The highest BCUT2D eigenvalue weighted by molar-refractivity contribution is 6.30. The van der Waals surface area contributed by atoms with Gasteiger partial charge in [0.05, 0.1) is 5.02 Å². The van der Waals surface area contributed by atoms with E-state index in [9.17, 15) is 8.78 Å². The Labute approximate surface area is 80.5 Å². The molecule has 0 aromatic heterocycles. The molecule has 1 aromatic carbocycles. The third kappa shape index (κ3) is 2.17. The molecule has 0 saturated heterocycles. The summed E-state index contributed by atoms with van der Waals surface area (Å²) in [4.78, 5) is 0. The van der Waals surface area contributed by atoms with E-state index < -0.39 is 17.2 Å². The summed E-state index contributed by atoms with van der Waals surface area (Å²) in [6.45, 7) is 3.25. The summed E-state index contributed by atoms with van der Waals surface area (Å²) < 4.78 is 25.9. The predicted molar refractivity (Wildman–Crippen MR) is 48.6 cm³/mol. The van der Waals surface area contributed by atoms with Crippen molar-refractivity contribution in [2.45, 2.75) is 19.4 Å². The largest absolute Gasteiger partial charge is 0.322 e. The molecule has 0 spiro atoms. The second-order valence-corrected chi connectivity index (χ2v) is 3.88. The zero-order chi connectivity index (χ0) is 10.2. The van der Waals surface area contributed by atoms with Crippen molar-refractivity contribution in [3.8, 4) is 0 Å². The van der Waals surface area contributed by atoms with Gasteiger partial charge in [-0.2, -0.15) is 0 Å². The van der Waals surface area contributed by atoms with Gasteiger partial charge < -0.3 is 5.73 Å². The number of hydrogen-bond donors (Lipinski definition) is 1. The summed E-state index contributed by atoms with van der Waals surface area (Å²) >= 11 is 5.49. The molecule has 72 valence electrons. The van der Waals surface area contributed by atoms with E-state index in [0.29, 0.717) is 0 Å². The van der Waals surface area contributed by atoms with Crippen LogP contribution in [-0.2, 0) is 5.54 Å². The summed E-state index contributed by atoms with van der Waals surface area (Å²) in [5, 5.41) is -0.116. The Bertz CT molecular complexity index is 331. The van der Waals surface area contributed by atoms with Crippen molar-refractivity contribution in [2.24, 2.45) is 5.73 Å². The van der Waals surface area contributed by atoms with Gasteiger partial charge >= 0.3 is 0 Å². The maximum atomic E-state index is 13.1. The fourth-order valence-corrected chi connectivity index (χ4v) is 1.18. The van der Waals surface area contributed by atoms with Gasteiger partial charge in [0.1, 0.15) is 11.6 Å². The third-order valence-corrected chi connectivity index (χ3v) is 1.99. The Morgan fingerprint density at radius 3 is 2.23 bits per heavy atom. The van der Waals surface area contributed by atoms with Gasteiger partial charge in [-0.25, -0.2) is 8.78 Å². The summed E-state index contributed by atoms with van der Waals surface area (Å²) in [5.41, 5.74) is 5.00. The number of halogens is 3. The third-order valence-electron chi connectivity index (χ3n) is 1.70. The molecule has 1 nitrogen and oxygen atoms in total. The molecule has 0 aliphatic rings. The second-order valence-electron chi connectivity index (χ2n) is 3.47. The van der Waals surface area contributed by atoms with E-state index in [1.54, 1.807) is 13.8 Å². The zero-order valence-electron chi connectivity index (χ0n) is 7.37. The van der Waals surface area contributed by atoms with E-state index in [1.807, 2.05) is 0 Å². The fourth-order valence-electron chi connectivity index (χ4n) is 1.02. The molecule has 0 radical (unpaired) electrons. The quantitative estimate of drug-likeness (QED) is 0.701. The van der Waals surface area contributed by atoms with Crippen LogP contribution in [0, 0.1) is 11.6 Å². The van der Waals surface area contributed by atoms with Crippen LogP contribution in [0.3, 0.4) is 0 Å². The SMILES string of the molecule is CC(C)(N)c1cc(Cl)c(F)cc1F. The second kappa shape index (κ2) is 3.24. The smallest absolute Gasteiger partial charge is 0.144 e. The minimum Gasteiger partial charge on any atom is -0.322 e. The highest BCUT2D eigenvalue weighted by Gasteiger charge is 2.20. The van der Waals surface area contributed by atoms with Crippen LogP contribution < -0.4 is 5.73 Å². The van der Waals surface area contributed by atoms with E-state index in [1.165, 1.54) is 6.07 Å². The lowest BCUT2D eigenvalue weighted by Gasteiger charge is -2.20. The van der Waals surface area contributed by atoms with Crippen LogP contribution in [0.25, 0.3) is 0 Å². The maximum absolute atomic E-state index is 13.1. The van der Waals surface area contributed by atoms with E-state index >= 15 is 0 Å². The summed E-state index contributed by atoms with van der Waals surface area (Å²) in [6.07, 6.45) is 0. The van der Waals surface area contributed by atoms with E-state index in [0.717, 1.165) is 6.07 Å². The standard InChI is InChI=1S/C9H10ClF2N/c1-9(2,13)5-3-6(10)8(12)4-7(5)11/h3-4H,13H2,1-2H3. The Morgan fingerprint density at radius 2 is 1.77 bits per heavy atom.